The molecule has 0 aromatic heterocycles. The zero-order chi connectivity index (χ0) is 14.6. The highest BCUT2D eigenvalue weighted by atomic mass is 19.1. The van der Waals surface area contributed by atoms with Gasteiger partial charge < -0.3 is 16.3 Å². The van der Waals surface area contributed by atoms with E-state index in [-0.39, 0.29) is 11.2 Å². The molecule has 1 aliphatic rings. The fourth-order valence-electron chi connectivity index (χ4n) is 2.53. The largest absolute Gasteiger partial charge is 0.409 e. The van der Waals surface area contributed by atoms with Crippen molar-refractivity contribution in [2.75, 3.05) is 13.1 Å². The number of nitrogens with two attached hydrogens (primary N) is 1. The summed E-state index contributed by atoms with van der Waals surface area (Å²) >= 11 is 0. The highest BCUT2D eigenvalue weighted by Crippen LogP contribution is 2.48. The van der Waals surface area contributed by atoms with Crippen LogP contribution in [-0.2, 0) is 6.42 Å². The van der Waals surface area contributed by atoms with Gasteiger partial charge in [0, 0.05) is 13.0 Å². The summed E-state index contributed by atoms with van der Waals surface area (Å²) < 4.78 is 13.0. The predicted molar refractivity (Wildman–Crippen MR) is 77.4 cm³/mol. The van der Waals surface area contributed by atoms with Gasteiger partial charge >= 0.3 is 0 Å². The quantitative estimate of drug-likeness (QED) is 0.235. The third-order valence-corrected chi connectivity index (χ3v) is 4.02. The Morgan fingerprint density at radius 1 is 1.50 bits per heavy atom. The molecule has 1 saturated carbocycles. The van der Waals surface area contributed by atoms with Gasteiger partial charge in [-0.3, -0.25) is 0 Å². The van der Waals surface area contributed by atoms with E-state index in [2.05, 4.69) is 10.5 Å². The molecule has 1 aromatic carbocycles. The molecule has 4 nitrogen and oxygen atoms in total. The molecule has 0 amide bonds. The maximum Gasteiger partial charge on any atom is 0.139 e. The molecule has 0 heterocycles. The third kappa shape index (κ3) is 3.93. The predicted octanol–water partition coefficient (Wildman–Crippen LogP) is 2.18. The van der Waals surface area contributed by atoms with Crippen LogP contribution < -0.4 is 11.1 Å². The second kappa shape index (κ2) is 6.22. The smallest absolute Gasteiger partial charge is 0.139 e. The number of halogens is 1. The van der Waals surface area contributed by atoms with Gasteiger partial charge in [-0.15, -0.1) is 0 Å². The van der Waals surface area contributed by atoms with Crippen molar-refractivity contribution in [1.29, 1.82) is 0 Å². The number of hydrogen-bond donors (Lipinski definition) is 3. The fraction of sp³-hybridized carbons (Fsp3) is 0.533. The van der Waals surface area contributed by atoms with Crippen LogP contribution in [0.2, 0.25) is 0 Å². The number of nitrogens with zero attached hydrogens (tertiary/aromatic N) is 1. The van der Waals surface area contributed by atoms with Crippen molar-refractivity contribution in [2.45, 2.75) is 32.6 Å². The van der Waals surface area contributed by atoms with E-state index in [1.54, 1.807) is 6.07 Å². The summed E-state index contributed by atoms with van der Waals surface area (Å²) in [6.07, 6.45) is 3.76. The van der Waals surface area contributed by atoms with Crippen molar-refractivity contribution in [3.8, 4) is 0 Å². The lowest BCUT2D eigenvalue weighted by Gasteiger charge is -2.15. The molecule has 0 aliphatic heterocycles. The van der Waals surface area contributed by atoms with Crippen LogP contribution in [0.15, 0.2) is 23.4 Å². The number of benzene rings is 1. The summed E-state index contributed by atoms with van der Waals surface area (Å²) in [5.74, 6) is 0.119. The van der Waals surface area contributed by atoms with Crippen LogP contribution in [0.3, 0.4) is 0 Å². The Morgan fingerprint density at radius 3 is 2.85 bits per heavy atom. The van der Waals surface area contributed by atoms with Gasteiger partial charge in [0.05, 0.1) is 0 Å². The van der Waals surface area contributed by atoms with Crippen LogP contribution in [0.5, 0.6) is 0 Å². The Hall–Kier alpha value is -1.62. The van der Waals surface area contributed by atoms with Crippen LogP contribution >= 0.6 is 0 Å². The Labute approximate surface area is 118 Å². The van der Waals surface area contributed by atoms with E-state index in [9.17, 15) is 4.39 Å². The van der Waals surface area contributed by atoms with E-state index in [4.69, 9.17) is 10.9 Å². The molecule has 2 rings (SSSR count). The SMILES string of the molecule is Cc1cc(F)ccc1CCNCC1(C/C(N)=N/O)CC1. The van der Waals surface area contributed by atoms with Crippen LogP contribution in [0, 0.1) is 18.2 Å². The average Bonchev–Trinajstić information content (AvgIpc) is 3.16. The van der Waals surface area contributed by atoms with Crippen molar-refractivity contribution in [3.05, 3.63) is 35.1 Å². The number of hydrogen-bond acceptors (Lipinski definition) is 3. The lowest BCUT2D eigenvalue weighted by molar-refractivity contribution is 0.314. The maximum absolute atomic E-state index is 13.0. The molecule has 110 valence electrons. The van der Waals surface area contributed by atoms with Crippen molar-refractivity contribution in [2.24, 2.45) is 16.3 Å². The number of aryl methyl sites for hydroxylation is 1. The molecule has 20 heavy (non-hydrogen) atoms. The molecular formula is C15H22FN3O. The number of nitrogens with one attached hydrogen (secondary N) is 1. The zero-order valence-electron chi connectivity index (χ0n) is 11.8. The summed E-state index contributed by atoms with van der Waals surface area (Å²) in [7, 11) is 0. The number of oxime groups is 1. The molecule has 1 fully saturated rings. The van der Waals surface area contributed by atoms with Gasteiger partial charge in [0.25, 0.3) is 0 Å². The van der Waals surface area contributed by atoms with Crippen molar-refractivity contribution >= 4 is 5.84 Å². The first-order chi connectivity index (χ1) is 9.54. The minimum Gasteiger partial charge on any atom is -0.409 e. The summed E-state index contributed by atoms with van der Waals surface area (Å²) in [6, 6.07) is 4.91. The van der Waals surface area contributed by atoms with Gasteiger partial charge in [-0.25, -0.2) is 4.39 Å². The van der Waals surface area contributed by atoms with E-state index in [1.165, 1.54) is 11.6 Å². The Balaban J connectivity index is 1.74. The zero-order valence-corrected chi connectivity index (χ0v) is 11.8. The molecule has 0 bridgehead atoms. The second-order valence-electron chi connectivity index (χ2n) is 5.77. The van der Waals surface area contributed by atoms with Gasteiger partial charge in [0.1, 0.15) is 11.7 Å². The molecular weight excluding hydrogens is 257 g/mol. The lowest BCUT2D eigenvalue weighted by Crippen LogP contribution is -2.29. The van der Waals surface area contributed by atoms with E-state index in [0.717, 1.165) is 37.9 Å². The summed E-state index contributed by atoms with van der Waals surface area (Å²) in [6.45, 7) is 3.66. The molecule has 1 aliphatic carbocycles. The average molecular weight is 279 g/mol. The standard InChI is InChI=1S/C15H22FN3O/c1-11-8-13(16)3-2-12(11)4-7-18-10-15(5-6-15)9-14(17)19-20/h2-3,8,18,20H,4-7,9-10H2,1H3,(H2,17,19). The number of amidine groups is 1. The molecule has 0 radical (unpaired) electrons. The van der Waals surface area contributed by atoms with Gasteiger partial charge in [0.15, 0.2) is 0 Å². The first-order valence-corrected chi connectivity index (χ1v) is 6.97. The Morgan fingerprint density at radius 2 is 2.25 bits per heavy atom. The molecule has 4 N–H and O–H groups in total. The lowest BCUT2D eigenvalue weighted by atomic mass is 10.0. The first kappa shape index (κ1) is 14.8. The van der Waals surface area contributed by atoms with Crippen LogP contribution in [0.25, 0.3) is 0 Å². The Bertz CT molecular complexity index is 498. The first-order valence-electron chi connectivity index (χ1n) is 6.97. The topological polar surface area (TPSA) is 70.6 Å². The Kier molecular flexibility index (Phi) is 4.60. The normalized spacial score (nSPS) is 17.2. The van der Waals surface area contributed by atoms with Crippen LogP contribution in [-0.4, -0.2) is 24.1 Å². The van der Waals surface area contributed by atoms with Crippen molar-refractivity contribution < 1.29 is 9.60 Å². The van der Waals surface area contributed by atoms with Gasteiger partial charge in [-0.05, 0) is 61.4 Å². The van der Waals surface area contributed by atoms with Crippen LogP contribution in [0.1, 0.15) is 30.4 Å². The third-order valence-electron chi connectivity index (χ3n) is 4.02. The molecule has 0 spiro atoms. The molecule has 5 heteroatoms. The minimum absolute atomic E-state index is 0.175. The monoisotopic (exact) mass is 279 g/mol. The highest BCUT2D eigenvalue weighted by Gasteiger charge is 2.42. The van der Waals surface area contributed by atoms with E-state index < -0.39 is 0 Å². The molecule has 1 aromatic rings. The minimum atomic E-state index is -0.185. The summed E-state index contributed by atoms with van der Waals surface area (Å²) in [5, 5.41) is 15.1. The van der Waals surface area contributed by atoms with E-state index in [0.29, 0.717) is 12.3 Å². The van der Waals surface area contributed by atoms with Gasteiger partial charge in [0.2, 0.25) is 0 Å². The summed E-state index contributed by atoms with van der Waals surface area (Å²) in [5.41, 5.74) is 7.90. The summed E-state index contributed by atoms with van der Waals surface area (Å²) in [4.78, 5) is 0. The van der Waals surface area contributed by atoms with E-state index in [1.807, 2.05) is 13.0 Å². The second-order valence-corrected chi connectivity index (χ2v) is 5.77. The van der Waals surface area contributed by atoms with Crippen molar-refractivity contribution in [3.63, 3.8) is 0 Å². The van der Waals surface area contributed by atoms with Gasteiger partial charge in [-0.1, -0.05) is 11.2 Å². The maximum atomic E-state index is 13.0. The molecule has 0 atom stereocenters. The highest BCUT2D eigenvalue weighted by molar-refractivity contribution is 5.80. The molecule has 0 unspecified atom stereocenters. The van der Waals surface area contributed by atoms with Crippen molar-refractivity contribution in [1.82, 2.24) is 5.32 Å². The number of rotatable bonds is 7. The fourth-order valence-corrected chi connectivity index (χ4v) is 2.53. The van der Waals surface area contributed by atoms with Crippen LogP contribution in [0.4, 0.5) is 4.39 Å². The van der Waals surface area contributed by atoms with Gasteiger partial charge in [-0.2, -0.15) is 0 Å². The molecule has 0 saturated heterocycles. The van der Waals surface area contributed by atoms with E-state index >= 15 is 0 Å².